The molecule has 29 heavy (non-hydrogen) atoms. The zero-order valence-corrected chi connectivity index (χ0v) is 16.2. The number of halogens is 1. The van der Waals surface area contributed by atoms with Crippen LogP contribution in [0.3, 0.4) is 0 Å². The molecule has 1 aromatic carbocycles. The second-order valence-corrected chi connectivity index (χ2v) is 7.49. The Morgan fingerprint density at radius 1 is 1.38 bits per heavy atom. The van der Waals surface area contributed by atoms with Gasteiger partial charge in [-0.25, -0.2) is 4.39 Å². The third kappa shape index (κ3) is 3.75. The lowest BCUT2D eigenvalue weighted by molar-refractivity contribution is -0.115. The molecule has 1 aliphatic carbocycles. The Bertz CT molecular complexity index is 1020. The average Bonchev–Trinajstić information content (AvgIpc) is 3.24. The summed E-state index contributed by atoms with van der Waals surface area (Å²) in [6, 6.07) is 4.18. The molecule has 0 spiro atoms. The van der Waals surface area contributed by atoms with Gasteiger partial charge in [0.05, 0.1) is 24.1 Å². The van der Waals surface area contributed by atoms with Gasteiger partial charge in [-0.1, -0.05) is 18.7 Å². The van der Waals surface area contributed by atoms with Crippen LogP contribution in [0.4, 0.5) is 10.1 Å². The number of amides is 1. The Kier molecular flexibility index (Phi) is 5.60. The van der Waals surface area contributed by atoms with Crippen LogP contribution in [-0.4, -0.2) is 22.1 Å². The maximum Gasteiger partial charge on any atom is 0.247 e. The van der Waals surface area contributed by atoms with Crippen molar-refractivity contribution in [1.29, 1.82) is 0 Å². The number of aromatic nitrogens is 2. The number of hydrogen-bond acceptors (Lipinski definition) is 3. The fourth-order valence-electron chi connectivity index (χ4n) is 4.49. The second kappa shape index (κ2) is 8.47. The summed E-state index contributed by atoms with van der Waals surface area (Å²) in [4.78, 5) is 11.5. The number of rotatable bonds is 6. The van der Waals surface area contributed by atoms with Gasteiger partial charge in [0, 0.05) is 28.8 Å². The molecule has 2 atom stereocenters. The first kappa shape index (κ1) is 19.2. The molecule has 1 amide bonds. The number of nitrogens with one attached hydrogen (secondary N) is 3. The van der Waals surface area contributed by atoms with Gasteiger partial charge >= 0.3 is 0 Å². The number of carbonyl (C=O) groups excluding carboxylic acids is 1. The number of carbonyl (C=O) groups is 1. The van der Waals surface area contributed by atoms with Gasteiger partial charge in [-0.3, -0.25) is 9.89 Å². The molecule has 2 unspecified atom stereocenters. The highest BCUT2D eigenvalue weighted by Crippen LogP contribution is 2.46. The molecule has 1 aliphatic heterocycles. The predicted molar refractivity (Wildman–Crippen MR) is 115 cm³/mol. The van der Waals surface area contributed by atoms with Crippen LogP contribution in [-0.2, 0) is 4.79 Å². The third-order valence-electron chi connectivity index (χ3n) is 5.80. The van der Waals surface area contributed by atoms with Gasteiger partial charge in [-0.15, -0.1) is 0 Å². The first-order chi connectivity index (χ1) is 14.2. The normalized spacial score (nSPS) is 19.8. The number of benzene rings is 1. The summed E-state index contributed by atoms with van der Waals surface area (Å²) >= 11 is 0. The van der Waals surface area contributed by atoms with E-state index in [1.165, 1.54) is 35.3 Å². The topological polar surface area (TPSA) is 69.8 Å². The first-order valence-electron chi connectivity index (χ1n) is 10.0. The molecule has 3 N–H and O–H groups in total. The predicted octanol–water partition coefficient (Wildman–Crippen LogP) is 4.99. The van der Waals surface area contributed by atoms with Crippen molar-refractivity contribution < 1.29 is 9.18 Å². The fraction of sp³-hybridized carbons (Fsp3) is 0.304. The SMILES string of the molecule is C=CC(=O)N/C=C/C(C/C=C/F)C1Nc2ccc3[nH]ncc3c2C2=C1CCCC2. The van der Waals surface area contributed by atoms with Crippen LogP contribution >= 0.6 is 0 Å². The van der Waals surface area contributed by atoms with E-state index in [-0.39, 0.29) is 17.9 Å². The van der Waals surface area contributed by atoms with Gasteiger partial charge in [-0.2, -0.15) is 5.10 Å². The van der Waals surface area contributed by atoms with Gasteiger partial charge in [0.2, 0.25) is 5.91 Å². The molecule has 6 heteroatoms. The summed E-state index contributed by atoms with van der Waals surface area (Å²) in [5.74, 6) is -0.258. The summed E-state index contributed by atoms with van der Waals surface area (Å²) in [6.45, 7) is 3.46. The largest absolute Gasteiger partial charge is 0.377 e. The number of allylic oxidation sites excluding steroid dienone is 2. The van der Waals surface area contributed by atoms with Crippen molar-refractivity contribution in [2.24, 2.45) is 5.92 Å². The van der Waals surface area contributed by atoms with Crippen molar-refractivity contribution >= 4 is 28.1 Å². The smallest absolute Gasteiger partial charge is 0.247 e. The third-order valence-corrected chi connectivity index (χ3v) is 5.80. The lowest BCUT2D eigenvalue weighted by Gasteiger charge is -2.38. The van der Waals surface area contributed by atoms with Gasteiger partial charge in [0.25, 0.3) is 0 Å². The minimum Gasteiger partial charge on any atom is -0.377 e. The molecule has 0 saturated carbocycles. The summed E-state index contributed by atoms with van der Waals surface area (Å²) in [5, 5.41) is 14.8. The molecular formula is C23H25FN4O. The lowest BCUT2D eigenvalue weighted by Crippen LogP contribution is -2.35. The zero-order valence-electron chi connectivity index (χ0n) is 16.2. The van der Waals surface area contributed by atoms with Crippen molar-refractivity contribution in [2.75, 3.05) is 5.32 Å². The molecule has 2 aromatic rings. The number of H-pyrrole nitrogens is 1. The maximum atomic E-state index is 12.8. The van der Waals surface area contributed by atoms with E-state index < -0.39 is 0 Å². The number of anilines is 1. The molecular weight excluding hydrogens is 367 g/mol. The number of fused-ring (bicyclic) bond motifs is 4. The highest BCUT2D eigenvalue weighted by molar-refractivity contribution is 6.00. The van der Waals surface area contributed by atoms with Crippen molar-refractivity contribution in [1.82, 2.24) is 15.5 Å². The average molecular weight is 392 g/mol. The summed E-state index contributed by atoms with van der Waals surface area (Å²) in [6.07, 6.45) is 13.7. The van der Waals surface area contributed by atoms with Crippen molar-refractivity contribution in [3.05, 3.63) is 66.8 Å². The molecule has 2 heterocycles. The molecule has 0 saturated heterocycles. The highest BCUT2D eigenvalue weighted by Gasteiger charge is 2.33. The molecule has 150 valence electrons. The Hall–Kier alpha value is -3.15. The van der Waals surface area contributed by atoms with Crippen molar-refractivity contribution in [3.63, 3.8) is 0 Å². The quantitative estimate of drug-likeness (QED) is 0.607. The Morgan fingerprint density at radius 3 is 3.07 bits per heavy atom. The Balaban J connectivity index is 1.74. The van der Waals surface area contributed by atoms with Crippen LogP contribution in [0.1, 0.15) is 37.7 Å². The van der Waals surface area contributed by atoms with E-state index in [2.05, 4.69) is 33.5 Å². The lowest BCUT2D eigenvalue weighted by atomic mass is 9.75. The van der Waals surface area contributed by atoms with E-state index in [0.29, 0.717) is 12.8 Å². The van der Waals surface area contributed by atoms with Crippen LogP contribution in [0.25, 0.3) is 16.5 Å². The standard InChI is InChI=1S/C23H25FN4O/c1-2-21(29)25-13-11-15(6-5-12-24)23-17-8-4-3-7-16(17)22-18-14-26-28-19(18)9-10-20(22)27-23/h2,5,9-15,23,27H,1,3-4,6-8H2,(H,25,29)(H,26,28)/b12-5+,13-11+. The molecule has 1 aromatic heterocycles. The van der Waals surface area contributed by atoms with E-state index in [1.54, 1.807) is 6.20 Å². The van der Waals surface area contributed by atoms with Crippen molar-refractivity contribution in [3.8, 4) is 0 Å². The summed E-state index contributed by atoms with van der Waals surface area (Å²) in [7, 11) is 0. The molecule has 2 aliphatic rings. The van der Waals surface area contributed by atoms with E-state index in [0.717, 1.165) is 35.9 Å². The Morgan fingerprint density at radius 2 is 2.24 bits per heavy atom. The molecule has 4 rings (SSSR count). The molecule has 0 bridgehead atoms. The monoisotopic (exact) mass is 392 g/mol. The van der Waals surface area contributed by atoms with E-state index in [4.69, 9.17) is 0 Å². The number of hydrogen-bond donors (Lipinski definition) is 3. The van der Waals surface area contributed by atoms with Gasteiger partial charge in [-0.05, 0) is 61.5 Å². The van der Waals surface area contributed by atoms with Crippen LogP contribution in [0.15, 0.2) is 61.2 Å². The minimum atomic E-state index is -0.261. The van der Waals surface area contributed by atoms with Crippen LogP contribution in [0, 0.1) is 5.92 Å². The van der Waals surface area contributed by atoms with Gasteiger partial charge in [0.15, 0.2) is 0 Å². The highest BCUT2D eigenvalue weighted by atomic mass is 19.1. The summed E-state index contributed by atoms with van der Waals surface area (Å²) in [5.41, 5.74) is 6.13. The van der Waals surface area contributed by atoms with Crippen LogP contribution in [0.2, 0.25) is 0 Å². The van der Waals surface area contributed by atoms with Crippen LogP contribution < -0.4 is 10.6 Å². The Labute approximate surface area is 169 Å². The first-order valence-corrected chi connectivity index (χ1v) is 10.0. The van der Waals surface area contributed by atoms with E-state index in [1.807, 2.05) is 18.3 Å². The molecule has 0 fully saturated rings. The van der Waals surface area contributed by atoms with Gasteiger partial charge in [0.1, 0.15) is 0 Å². The van der Waals surface area contributed by atoms with E-state index >= 15 is 0 Å². The number of aromatic amines is 1. The fourth-order valence-corrected chi connectivity index (χ4v) is 4.49. The van der Waals surface area contributed by atoms with Crippen LogP contribution in [0.5, 0.6) is 0 Å². The molecule has 0 radical (unpaired) electrons. The van der Waals surface area contributed by atoms with Crippen molar-refractivity contribution in [2.45, 2.75) is 38.1 Å². The zero-order chi connectivity index (χ0) is 20.2. The maximum absolute atomic E-state index is 12.8. The van der Waals surface area contributed by atoms with E-state index in [9.17, 15) is 9.18 Å². The molecule has 5 nitrogen and oxygen atoms in total. The number of nitrogens with zero attached hydrogens (tertiary/aromatic N) is 1. The second-order valence-electron chi connectivity index (χ2n) is 7.49. The minimum absolute atomic E-state index is 0.00316. The van der Waals surface area contributed by atoms with Gasteiger partial charge < -0.3 is 10.6 Å². The summed E-state index contributed by atoms with van der Waals surface area (Å²) < 4.78 is 12.8.